The summed E-state index contributed by atoms with van der Waals surface area (Å²) in [6.07, 6.45) is 1.82. The summed E-state index contributed by atoms with van der Waals surface area (Å²) in [5, 5.41) is 3.46. The lowest BCUT2D eigenvalue weighted by atomic mass is 10.1. The molecule has 1 saturated heterocycles. The molecule has 1 unspecified atom stereocenters. The minimum absolute atomic E-state index is 0.0339. The summed E-state index contributed by atoms with van der Waals surface area (Å²) in [5.41, 5.74) is 1.42. The largest absolute Gasteiger partial charge is 0.310 e. The van der Waals surface area contributed by atoms with Gasteiger partial charge in [-0.1, -0.05) is 0 Å². The zero-order valence-electron chi connectivity index (χ0n) is 11.7. The Morgan fingerprint density at radius 3 is 2.58 bits per heavy atom. The maximum Gasteiger partial charge on any atom is 0.255 e. The molecule has 2 heterocycles. The lowest BCUT2D eigenvalue weighted by molar-refractivity contribution is 0.423. The van der Waals surface area contributed by atoms with Gasteiger partial charge in [0, 0.05) is 40.1 Å². The van der Waals surface area contributed by atoms with E-state index in [0.717, 1.165) is 30.0 Å². The molecule has 1 aliphatic heterocycles. The first-order valence-corrected chi connectivity index (χ1v) is 8.14. The van der Waals surface area contributed by atoms with Crippen LogP contribution >= 0.6 is 0 Å². The smallest absolute Gasteiger partial charge is 0.255 e. The van der Waals surface area contributed by atoms with Crippen LogP contribution in [0.3, 0.4) is 0 Å². The molecule has 0 saturated carbocycles. The van der Waals surface area contributed by atoms with E-state index in [0.29, 0.717) is 17.4 Å². The first-order valence-electron chi connectivity index (χ1n) is 6.66. The number of hydrogen-bond donors (Lipinski definition) is 2. The van der Waals surface area contributed by atoms with Crippen LogP contribution in [0, 0.1) is 13.8 Å². The second-order valence-electron chi connectivity index (χ2n) is 5.16. The maximum absolute atomic E-state index is 12.0. The summed E-state index contributed by atoms with van der Waals surface area (Å²) in [6.45, 7) is 5.64. The Labute approximate surface area is 115 Å². The Morgan fingerprint density at radius 2 is 2.00 bits per heavy atom. The third kappa shape index (κ3) is 3.51. The molecule has 0 aliphatic carbocycles. The Kier molecular flexibility index (Phi) is 4.52. The standard InChI is InChI=1S/C13H21N3O2S/c1-8-12(13(17)16-10(3)14-8)9(2)15-11-4-6-19(18)7-5-11/h9,11,15H,4-7H2,1-3H3,(H,14,16,17). The van der Waals surface area contributed by atoms with Crippen LogP contribution in [0.2, 0.25) is 0 Å². The third-order valence-electron chi connectivity index (χ3n) is 3.57. The van der Waals surface area contributed by atoms with Crippen molar-refractivity contribution in [1.29, 1.82) is 0 Å². The number of aromatic amines is 1. The van der Waals surface area contributed by atoms with Gasteiger partial charge in [-0.05, 0) is 33.6 Å². The van der Waals surface area contributed by atoms with Crippen LogP contribution in [-0.4, -0.2) is 31.7 Å². The van der Waals surface area contributed by atoms with Crippen molar-refractivity contribution in [2.24, 2.45) is 0 Å². The van der Waals surface area contributed by atoms with Gasteiger partial charge < -0.3 is 10.3 Å². The van der Waals surface area contributed by atoms with Crippen LogP contribution in [0.4, 0.5) is 0 Å². The van der Waals surface area contributed by atoms with Crippen molar-refractivity contribution >= 4 is 10.8 Å². The number of aromatic nitrogens is 2. The number of H-pyrrole nitrogens is 1. The van der Waals surface area contributed by atoms with Gasteiger partial charge in [-0.15, -0.1) is 0 Å². The quantitative estimate of drug-likeness (QED) is 0.866. The van der Waals surface area contributed by atoms with E-state index < -0.39 is 10.8 Å². The van der Waals surface area contributed by atoms with Gasteiger partial charge in [0.05, 0.1) is 5.56 Å². The van der Waals surface area contributed by atoms with Crippen molar-refractivity contribution in [2.75, 3.05) is 11.5 Å². The highest BCUT2D eigenvalue weighted by Crippen LogP contribution is 2.16. The molecule has 0 amide bonds. The highest BCUT2D eigenvalue weighted by molar-refractivity contribution is 7.85. The van der Waals surface area contributed by atoms with Crippen LogP contribution in [-0.2, 0) is 10.8 Å². The minimum atomic E-state index is -0.652. The number of nitrogens with zero attached hydrogens (tertiary/aromatic N) is 1. The topological polar surface area (TPSA) is 74.8 Å². The molecule has 6 heteroatoms. The summed E-state index contributed by atoms with van der Waals surface area (Å²) >= 11 is 0. The Balaban J connectivity index is 2.10. The van der Waals surface area contributed by atoms with Gasteiger partial charge in [-0.3, -0.25) is 9.00 Å². The van der Waals surface area contributed by atoms with Crippen molar-refractivity contribution in [2.45, 2.75) is 45.7 Å². The molecular formula is C13H21N3O2S. The van der Waals surface area contributed by atoms with Gasteiger partial charge in [0.15, 0.2) is 0 Å². The molecule has 1 atom stereocenters. The van der Waals surface area contributed by atoms with E-state index in [9.17, 15) is 9.00 Å². The summed E-state index contributed by atoms with van der Waals surface area (Å²) < 4.78 is 11.3. The van der Waals surface area contributed by atoms with Crippen molar-refractivity contribution in [3.63, 3.8) is 0 Å². The average Bonchev–Trinajstić information content (AvgIpc) is 2.30. The zero-order chi connectivity index (χ0) is 14.0. The molecule has 0 radical (unpaired) electrons. The first-order chi connectivity index (χ1) is 8.97. The highest BCUT2D eigenvalue weighted by Gasteiger charge is 2.22. The summed E-state index contributed by atoms with van der Waals surface area (Å²) in [6, 6.07) is 0.307. The summed E-state index contributed by atoms with van der Waals surface area (Å²) in [5.74, 6) is 2.16. The van der Waals surface area contributed by atoms with Gasteiger partial charge in [0.1, 0.15) is 5.82 Å². The van der Waals surface area contributed by atoms with Gasteiger partial charge in [0.2, 0.25) is 0 Å². The molecule has 2 N–H and O–H groups in total. The molecule has 0 aromatic carbocycles. The van der Waals surface area contributed by atoms with Crippen molar-refractivity contribution in [3.05, 3.63) is 27.4 Å². The van der Waals surface area contributed by atoms with Crippen molar-refractivity contribution in [3.8, 4) is 0 Å². The molecule has 106 valence electrons. The van der Waals surface area contributed by atoms with E-state index in [1.165, 1.54) is 0 Å². The number of aryl methyl sites for hydroxylation is 2. The molecule has 19 heavy (non-hydrogen) atoms. The fourth-order valence-electron chi connectivity index (χ4n) is 2.64. The maximum atomic E-state index is 12.0. The summed E-state index contributed by atoms with van der Waals surface area (Å²) in [7, 11) is -0.652. The van der Waals surface area contributed by atoms with E-state index in [1.54, 1.807) is 6.92 Å². The molecule has 0 spiro atoms. The van der Waals surface area contributed by atoms with Gasteiger partial charge >= 0.3 is 0 Å². The number of hydrogen-bond acceptors (Lipinski definition) is 4. The fraction of sp³-hybridized carbons (Fsp3) is 0.692. The molecule has 0 bridgehead atoms. The molecular weight excluding hydrogens is 262 g/mol. The van der Waals surface area contributed by atoms with E-state index in [1.807, 2.05) is 13.8 Å². The van der Waals surface area contributed by atoms with Crippen LogP contribution in [0.25, 0.3) is 0 Å². The van der Waals surface area contributed by atoms with Crippen LogP contribution in [0.5, 0.6) is 0 Å². The third-order valence-corrected chi connectivity index (χ3v) is 4.95. The average molecular weight is 283 g/mol. The second kappa shape index (κ2) is 5.96. The SMILES string of the molecule is Cc1nc(C)c(C(C)NC2CCS(=O)CC2)c(=O)[nH]1. The van der Waals surface area contributed by atoms with E-state index in [4.69, 9.17) is 0 Å². The zero-order valence-corrected chi connectivity index (χ0v) is 12.5. The van der Waals surface area contributed by atoms with Crippen LogP contribution in [0.15, 0.2) is 4.79 Å². The number of rotatable bonds is 3. The second-order valence-corrected chi connectivity index (χ2v) is 6.86. The number of nitrogens with one attached hydrogen (secondary N) is 2. The lowest BCUT2D eigenvalue weighted by Gasteiger charge is -2.26. The summed E-state index contributed by atoms with van der Waals surface area (Å²) in [4.78, 5) is 19.1. The Bertz CT molecular complexity index is 531. The monoisotopic (exact) mass is 283 g/mol. The molecule has 1 aliphatic rings. The van der Waals surface area contributed by atoms with Gasteiger partial charge in [-0.2, -0.15) is 0 Å². The predicted molar refractivity (Wildman–Crippen MR) is 76.8 cm³/mol. The van der Waals surface area contributed by atoms with E-state index >= 15 is 0 Å². The highest BCUT2D eigenvalue weighted by atomic mass is 32.2. The van der Waals surface area contributed by atoms with E-state index in [2.05, 4.69) is 15.3 Å². The molecule has 5 nitrogen and oxygen atoms in total. The van der Waals surface area contributed by atoms with Crippen LogP contribution < -0.4 is 10.9 Å². The fourth-order valence-corrected chi connectivity index (χ4v) is 3.94. The molecule has 1 aromatic heterocycles. The van der Waals surface area contributed by atoms with Gasteiger partial charge in [0.25, 0.3) is 5.56 Å². The van der Waals surface area contributed by atoms with Crippen molar-refractivity contribution < 1.29 is 4.21 Å². The predicted octanol–water partition coefficient (Wildman–Crippen LogP) is 0.948. The first kappa shape index (κ1) is 14.4. The minimum Gasteiger partial charge on any atom is -0.310 e. The molecule has 1 fully saturated rings. The Morgan fingerprint density at radius 1 is 1.37 bits per heavy atom. The molecule has 2 rings (SSSR count). The lowest BCUT2D eigenvalue weighted by Crippen LogP contribution is -2.39. The Hall–Kier alpha value is -1.01. The van der Waals surface area contributed by atoms with Crippen molar-refractivity contribution in [1.82, 2.24) is 15.3 Å². The van der Waals surface area contributed by atoms with Crippen LogP contribution in [0.1, 0.15) is 42.9 Å². The molecule has 1 aromatic rings. The van der Waals surface area contributed by atoms with E-state index in [-0.39, 0.29) is 11.6 Å². The van der Waals surface area contributed by atoms with Gasteiger partial charge in [-0.25, -0.2) is 4.98 Å². The normalized spacial score (nSPS) is 25.2.